The lowest BCUT2D eigenvalue weighted by atomic mass is 10.1. The fraction of sp³-hybridized carbons (Fsp3) is 0.467. The summed E-state index contributed by atoms with van der Waals surface area (Å²) in [7, 11) is 3.40. The Morgan fingerprint density at radius 2 is 1.95 bits per heavy atom. The Kier molecular flexibility index (Phi) is 5.03. The van der Waals surface area contributed by atoms with Gasteiger partial charge in [-0.1, -0.05) is 6.07 Å². The number of benzene rings is 1. The van der Waals surface area contributed by atoms with Crippen molar-refractivity contribution in [2.45, 2.75) is 19.3 Å². The van der Waals surface area contributed by atoms with Gasteiger partial charge in [0.1, 0.15) is 0 Å². The summed E-state index contributed by atoms with van der Waals surface area (Å²) in [4.78, 5) is 24.6. The van der Waals surface area contributed by atoms with Crippen LogP contribution in [-0.2, 0) is 16.0 Å². The van der Waals surface area contributed by atoms with Crippen molar-refractivity contribution in [2.75, 3.05) is 27.4 Å². The number of aryl methyl sites for hydroxylation is 1. The molecule has 114 valence electrons. The van der Waals surface area contributed by atoms with Gasteiger partial charge in [0.25, 0.3) is 0 Å². The molecule has 1 aliphatic rings. The molecule has 0 unspecified atom stereocenters. The van der Waals surface area contributed by atoms with Gasteiger partial charge in [-0.15, -0.1) is 0 Å². The van der Waals surface area contributed by atoms with Gasteiger partial charge in [0.15, 0.2) is 11.5 Å². The van der Waals surface area contributed by atoms with E-state index < -0.39 is 0 Å². The van der Waals surface area contributed by atoms with E-state index in [1.54, 1.807) is 14.1 Å². The molecule has 21 heavy (non-hydrogen) atoms. The molecule has 0 radical (unpaired) electrons. The number of hydrogen-bond donors (Lipinski definition) is 1. The highest BCUT2D eigenvalue weighted by molar-refractivity contribution is 5.78. The zero-order valence-electron chi connectivity index (χ0n) is 12.3. The summed E-state index contributed by atoms with van der Waals surface area (Å²) >= 11 is 0. The standard InChI is InChI=1S/C15H20N2O4/c1-17(2)15(19)7-8-16-14(18)6-4-11-3-5-12-13(9-11)21-10-20-12/h3,5,9H,4,6-8,10H2,1-2H3,(H,16,18). The molecule has 2 rings (SSSR count). The summed E-state index contributed by atoms with van der Waals surface area (Å²) in [6.45, 7) is 0.621. The quantitative estimate of drug-likeness (QED) is 0.847. The van der Waals surface area contributed by atoms with Gasteiger partial charge in [-0.05, 0) is 24.1 Å². The molecule has 1 aliphatic heterocycles. The molecule has 1 aromatic carbocycles. The maximum atomic E-state index is 11.7. The second-order valence-corrected chi connectivity index (χ2v) is 5.08. The van der Waals surface area contributed by atoms with Crippen molar-refractivity contribution in [1.29, 1.82) is 0 Å². The first kappa shape index (κ1) is 15.2. The largest absolute Gasteiger partial charge is 0.454 e. The van der Waals surface area contributed by atoms with Gasteiger partial charge in [0.05, 0.1) is 0 Å². The van der Waals surface area contributed by atoms with Crippen LogP contribution in [0.25, 0.3) is 0 Å². The molecule has 0 bridgehead atoms. The fourth-order valence-electron chi connectivity index (χ4n) is 1.98. The molecule has 2 amide bonds. The molecule has 0 atom stereocenters. The van der Waals surface area contributed by atoms with Crippen molar-refractivity contribution in [3.05, 3.63) is 23.8 Å². The van der Waals surface area contributed by atoms with E-state index in [0.717, 1.165) is 17.1 Å². The van der Waals surface area contributed by atoms with Crippen LogP contribution in [0.3, 0.4) is 0 Å². The average Bonchev–Trinajstić information content (AvgIpc) is 2.92. The zero-order chi connectivity index (χ0) is 15.2. The van der Waals surface area contributed by atoms with E-state index >= 15 is 0 Å². The van der Waals surface area contributed by atoms with Gasteiger partial charge in [-0.25, -0.2) is 0 Å². The minimum atomic E-state index is -0.0563. The Morgan fingerprint density at radius 1 is 1.19 bits per heavy atom. The lowest BCUT2D eigenvalue weighted by molar-refractivity contribution is -0.128. The highest BCUT2D eigenvalue weighted by Gasteiger charge is 2.13. The van der Waals surface area contributed by atoms with Crippen LogP contribution in [0.1, 0.15) is 18.4 Å². The van der Waals surface area contributed by atoms with E-state index in [9.17, 15) is 9.59 Å². The molecule has 0 fully saturated rings. The van der Waals surface area contributed by atoms with E-state index in [2.05, 4.69) is 5.32 Å². The van der Waals surface area contributed by atoms with Crippen LogP contribution in [-0.4, -0.2) is 44.1 Å². The molecule has 1 aromatic rings. The van der Waals surface area contributed by atoms with Crippen LogP contribution in [0, 0.1) is 0 Å². The van der Waals surface area contributed by atoms with Crippen molar-refractivity contribution in [1.82, 2.24) is 10.2 Å². The third kappa shape index (κ3) is 4.37. The van der Waals surface area contributed by atoms with E-state index in [1.165, 1.54) is 4.90 Å². The number of hydrogen-bond acceptors (Lipinski definition) is 4. The van der Waals surface area contributed by atoms with E-state index in [1.807, 2.05) is 18.2 Å². The summed E-state index contributed by atoms with van der Waals surface area (Å²) in [6.07, 6.45) is 1.34. The Labute approximate surface area is 124 Å². The van der Waals surface area contributed by atoms with Crippen molar-refractivity contribution < 1.29 is 19.1 Å². The Hall–Kier alpha value is -2.24. The number of rotatable bonds is 6. The smallest absolute Gasteiger partial charge is 0.231 e. The third-order valence-electron chi connectivity index (χ3n) is 3.24. The van der Waals surface area contributed by atoms with Crippen molar-refractivity contribution in [3.8, 4) is 11.5 Å². The molecular weight excluding hydrogens is 272 g/mol. The van der Waals surface area contributed by atoms with Crippen molar-refractivity contribution in [3.63, 3.8) is 0 Å². The molecule has 0 aliphatic carbocycles. The monoisotopic (exact) mass is 292 g/mol. The Morgan fingerprint density at radius 3 is 2.71 bits per heavy atom. The molecule has 1 N–H and O–H groups in total. The van der Waals surface area contributed by atoms with Crippen LogP contribution >= 0.6 is 0 Å². The number of carbonyl (C=O) groups is 2. The first-order valence-corrected chi connectivity index (χ1v) is 6.91. The van der Waals surface area contributed by atoms with Gasteiger partial charge >= 0.3 is 0 Å². The van der Waals surface area contributed by atoms with Gasteiger partial charge < -0.3 is 19.7 Å². The summed E-state index contributed by atoms with van der Waals surface area (Å²) in [5.74, 6) is 1.42. The number of fused-ring (bicyclic) bond motifs is 1. The minimum absolute atomic E-state index is 0.00562. The summed E-state index contributed by atoms with van der Waals surface area (Å²) in [6, 6.07) is 5.67. The molecule has 0 saturated carbocycles. The minimum Gasteiger partial charge on any atom is -0.454 e. The molecule has 6 heteroatoms. The van der Waals surface area contributed by atoms with Crippen LogP contribution in [0.15, 0.2) is 18.2 Å². The SMILES string of the molecule is CN(C)C(=O)CCNC(=O)CCc1ccc2c(c1)OCO2. The van der Waals surface area contributed by atoms with Crippen molar-refractivity contribution >= 4 is 11.8 Å². The molecule has 0 aromatic heterocycles. The van der Waals surface area contributed by atoms with Gasteiger partial charge in [0.2, 0.25) is 18.6 Å². The predicted molar refractivity (Wildman–Crippen MR) is 77.2 cm³/mol. The predicted octanol–water partition coefficient (Wildman–Crippen LogP) is 0.942. The van der Waals surface area contributed by atoms with E-state index in [-0.39, 0.29) is 18.6 Å². The second-order valence-electron chi connectivity index (χ2n) is 5.08. The van der Waals surface area contributed by atoms with Gasteiger partial charge in [-0.3, -0.25) is 9.59 Å². The first-order valence-electron chi connectivity index (χ1n) is 6.91. The molecule has 0 saturated heterocycles. The molecule has 6 nitrogen and oxygen atoms in total. The molecule has 1 heterocycles. The summed E-state index contributed by atoms with van der Waals surface area (Å²) in [5.41, 5.74) is 1.03. The zero-order valence-corrected chi connectivity index (χ0v) is 12.3. The second kappa shape index (κ2) is 6.97. The normalized spacial score (nSPS) is 12.1. The third-order valence-corrected chi connectivity index (χ3v) is 3.24. The molecular formula is C15H20N2O4. The van der Waals surface area contributed by atoms with E-state index in [0.29, 0.717) is 25.8 Å². The lowest BCUT2D eigenvalue weighted by Gasteiger charge is -2.10. The first-order chi connectivity index (χ1) is 10.1. The van der Waals surface area contributed by atoms with Crippen LogP contribution in [0.5, 0.6) is 11.5 Å². The number of carbonyl (C=O) groups excluding carboxylic acids is 2. The number of ether oxygens (including phenoxy) is 2. The highest BCUT2D eigenvalue weighted by Crippen LogP contribution is 2.32. The maximum Gasteiger partial charge on any atom is 0.231 e. The number of amides is 2. The number of nitrogens with one attached hydrogen (secondary N) is 1. The molecule has 0 spiro atoms. The maximum absolute atomic E-state index is 11.7. The number of nitrogens with zero attached hydrogens (tertiary/aromatic N) is 1. The summed E-state index contributed by atoms with van der Waals surface area (Å²) in [5, 5.41) is 2.75. The Bertz CT molecular complexity index is 528. The van der Waals surface area contributed by atoms with Crippen LogP contribution < -0.4 is 14.8 Å². The van der Waals surface area contributed by atoms with Gasteiger partial charge in [0, 0.05) is 33.5 Å². The highest BCUT2D eigenvalue weighted by atomic mass is 16.7. The Balaban J connectivity index is 1.70. The van der Waals surface area contributed by atoms with Crippen molar-refractivity contribution in [2.24, 2.45) is 0 Å². The lowest BCUT2D eigenvalue weighted by Crippen LogP contribution is -2.30. The van der Waals surface area contributed by atoms with Gasteiger partial charge in [-0.2, -0.15) is 0 Å². The average molecular weight is 292 g/mol. The fourth-order valence-corrected chi connectivity index (χ4v) is 1.98. The van der Waals surface area contributed by atoms with Crippen LogP contribution in [0.2, 0.25) is 0 Å². The van der Waals surface area contributed by atoms with E-state index in [4.69, 9.17) is 9.47 Å². The van der Waals surface area contributed by atoms with Crippen LogP contribution in [0.4, 0.5) is 0 Å². The summed E-state index contributed by atoms with van der Waals surface area (Å²) < 4.78 is 10.5. The topological polar surface area (TPSA) is 67.9 Å².